The summed E-state index contributed by atoms with van der Waals surface area (Å²) in [5.41, 5.74) is 13.3. The second-order valence-electron chi connectivity index (χ2n) is 5.70. The maximum atomic E-state index is 12.2. The molecule has 1 amide bonds. The average molecular weight is 329 g/mol. The van der Waals surface area contributed by atoms with E-state index in [1.165, 1.54) is 0 Å². The molecule has 4 heteroatoms. The number of anilines is 1. The van der Waals surface area contributed by atoms with Crippen molar-refractivity contribution in [3.63, 3.8) is 0 Å². The lowest BCUT2D eigenvalue weighted by Crippen LogP contribution is -2.19. The molecular weight excluding hydrogens is 310 g/mol. The second-order valence-corrected chi connectivity index (χ2v) is 5.70. The summed E-state index contributed by atoms with van der Waals surface area (Å²) in [6.45, 7) is 1.84. The number of nitrogens with one attached hydrogen (secondary N) is 1. The Kier molecular flexibility index (Phi) is 4.90. The van der Waals surface area contributed by atoms with Crippen molar-refractivity contribution >= 4 is 17.3 Å². The van der Waals surface area contributed by atoms with E-state index in [1.807, 2.05) is 61.5 Å². The monoisotopic (exact) mass is 329 g/mol. The quantitative estimate of drug-likeness (QED) is 0.430. The Bertz CT molecular complexity index is 883. The molecular formula is C21H19N3O. The molecule has 0 unspecified atom stereocenters. The third kappa shape index (κ3) is 4.12. The molecule has 124 valence electrons. The summed E-state index contributed by atoms with van der Waals surface area (Å²) < 4.78 is 0. The van der Waals surface area contributed by atoms with Crippen molar-refractivity contribution in [2.45, 2.75) is 6.92 Å². The van der Waals surface area contributed by atoms with Crippen molar-refractivity contribution in [3.05, 3.63) is 90.0 Å². The van der Waals surface area contributed by atoms with E-state index in [4.69, 9.17) is 5.73 Å². The number of carbonyl (C=O) groups is 1. The molecule has 3 aromatic carbocycles. The first-order chi connectivity index (χ1) is 12.1. The fourth-order valence-electron chi connectivity index (χ4n) is 2.43. The van der Waals surface area contributed by atoms with Crippen LogP contribution in [0.2, 0.25) is 0 Å². The highest BCUT2D eigenvalue weighted by molar-refractivity contribution is 6.01. The van der Waals surface area contributed by atoms with E-state index in [-0.39, 0.29) is 5.91 Å². The fraction of sp³-hybridized carbons (Fsp3) is 0.0476. The van der Waals surface area contributed by atoms with E-state index in [1.54, 1.807) is 24.3 Å². The number of rotatable bonds is 4. The van der Waals surface area contributed by atoms with Gasteiger partial charge in [-0.25, -0.2) is 5.43 Å². The number of benzene rings is 3. The number of hydrogen-bond donors (Lipinski definition) is 2. The Morgan fingerprint density at radius 1 is 0.800 bits per heavy atom. The average Bonchev–Trinajstić information content (AvgIpc) is 2.67. The van der Waals surface area contributed by atoms with Crippen LogP contribution >= 0.6 is 0 Å². The van der Waals surface area contributed by atoms with Crippen LogP contribution in [-0.4, -0.2) is 11.6 Å². The van der Waals surface area contributed by atoms with Gasteiger partial charge in [-0.1, -0.05) is 54.6 Å². The van der Waals surface area contributed by atoms with Gasteiger partial charge in [0.05, 0.1) is 5.71 Å². The van der Waals surface area contributed by atoms with E-state index < -0.39 is 0 Å². The van der Waals surface area contributed by atoms with E-state index in [0.29, 0.717) is 17.0 Å². The van der Waals surface area contributed by atoms with E-state index in [0.717, 1.165) is 16.7 Å². The highest BCUT2D eigenvalue weighted by Crippen LogP contribution is 2.19. The Labute approximate surface area is 147 Å². The number of hydrogen-bond acceptors (Lipinski definition) is 3. The maximum absolute atomic E-state index is 12.2. The van der Waals surface area contributed by atoms with E-state index >= 15 is 0 Å². The highest BCUT2D eigenvalue weighted by atomic mass is 16.2. The predicted octanol–water partition coefficient (Wildman–Crippen LogP) is 4.09. The molecule has 0 heterocycles. The van der Waals surface area contributed by atoms with Gasteiger partial charge in [0.1, 0.15) is 0 Å². The van der Waals surface area contributed by atoms with Gasteiger partial charge in [0.25, 0.3) is 5.91 Å². The molecule has 0 spiro atoms. The largest absolute Gasteiger partial charge is 0.399 e. The molecule has 0 aromatic heterocycles. The molecule has 4 nitrogen and oxygen atoms in total. The summed E-state index contributed by atoms with van der Waals surface area (Å²) >= 11 is 0. The number of nitrogens with zero attached hydrogens (tertiary/aromatic N) is 1. The fourth-order valence-corrected chi connectivity index (χ4v) is 2.43. The van der Waals surface area contributed by atoms with Gasteiger partial charge in [-0.3, -0.25) is 4.79 Å². The van der Waals surface area contributed by atoms with Gasteiger partial charge >= 0.3 is 0 Å². The van der Waals surface area contributed by atoms with Crippen LogP contribution in [0.25, 0.3) is 11.1 Å². The SMILES string of the molecule is CC(=NNC(=O)c1ccc(-c2ccccc2)cc1)c1ccc(N)cc1. The molecule has 0 aliphatic heterocycles. The smallest absolute Gasteiger partial charge is 0.271 e. The van der Waals surface area contributed by atoms with Gasteiger partial charge in [0.2, 0.25) is 0 Å². The lowest BCUT2D eigenvalue weighted by Gasteiger charge is -2.05. The molecule has 0 saturated carbocycles. The van der Waals surface area contributed by atoms with Crippen LogP contribution in [0.3, 0.4) is 0 Å². The first-order valence-corrected chi connectivity index (χ1v) is 7.99. The van der Waals surface area contributed by atoms with Crippen molar-refractivity contribution in [3.8, 4) is 11.1 Å². The second kappa shape index (κ2) is 7.45. The van der Waals surface area contributed by atoms with Crippen LogP contribution in [0.1, 0.15) is 22.8 Å². The van der Waals surface area contributed by atoms with Crippen LogP contribution in [0, 0.1) is 0 Å². The molecule has 3 rings (SSSR count). The molecule has 0 radical (unpaired) electrons. The minimum Gasteiger partial charge on any atom is -0.399 e. The van der Waals surface area contributed by atoms with Crippen molar-refractivity contribution in [2.75, 3.05) is 5.73 Å². The first-order valence-electron chi connectivity index (χ1n) is 7.99. The zero-order chi connectivity index (χ0) is 17.6. The summed E-state index contributed by atoms with van der Waals surface area (Å²) in [5.74, 6) is -0.241. The zero-order valence-electron chi connectivity index (χ0n) is 13.9. The van der Waals surface area contributed by atoms with Gasteiger partial charge in [0.15, 0.2) is 0 Å². The van der Waals surface area contributed by atoms with Gasteiger partial charge in [-0.2, -0.15) is 5.10 Å². The summed E-state index contributed by atoms with van der Waals surface area (Å²) in [6, 6.07) is 24.8. The molecule has 0 aliphatic rings. The van der Waals surface area contributed by atoms with E-state index in [2.05, 4.69) is 10.5 Å². The minimum atomic E-state index is -0.241. The highest BCUT2D eigenvalue weighted by Gasteiger charge is 2.06. The number of carbonyl (C=O) groups excluding carboxylic acids is 1. The van der Waals surface area contributed by atoms with Crippen LogP contribution in [0.4, 0.5) is 5.69 Å². The molecule has 0 saturated heterocycles. The first kappa shape index (κ1) is 16.5. The molecule has 0 aliphatic carbocycles. The number of nitrogens with two attached hydrogens (primary N) is 1. The maximum Gasteiger partial charge on any atom is 0.271 e. The van der Waals surface area contributed by atoms with Crippen molar-refractivity contribution in [2.24, 2.45) is 5.10 Å². The Hall–Kier alpha value is -3.40. The third-order valence-corrected chi connectivity index (χ3v) is 3.91. The summed E-state index contributed by atoms with van der Waals surface area (Å²) in [4.78, 5) is 12.2. The Morgan fingerprint density at radius 2 is 1.36 bits per heavy atom. The number of amides is 1. The zero-order valence-corrected chi connectivity index (χ0v) is 13.9. The summed E-state index contributed by atoms with van der Waals surface area (Å²) in [5, 5.41) is 4.16. The van der Waals surface area contributed by atoms with Crippen LogP contribution in [-0.2, 0) is 0 Å². The summed E-state index contributed by atoms with van der Waals surface area (Å²) in [6.07, 6.45) is 0. The van der Waals surface area contributed by atoms with Crippen LogP contribution in [0.15, 0.2) is 84.0 Å². The van der Waals surface area contributed by atoms with Gasteiger partial charge in [0, 0.05) is 11.3 Å². The molecule has 0 bridgehead atoms. The van der Waals surface area contributed by atoms with Crippen LogP contribution in [0.5, 0.6) is 0 Å². The molecule has 3 N–H and O–H groups in total. The predicted molar refractivity (Wildman–Crippen MR) is 102 cm³/mol. The van der Waals surface area contributed by atoms with Gasteiger partial charge in [-0.05, 0) is 47.9 Å². The van der Waals surface area contributed by atoms with Gasteiger partial charge < -0.3 is 5.73 Å². The number of hydrazone groups is 1. The minimum absolute atomic E-state index is 0.241. The number of nitrogen functional groups attached to an aromatic ring is 1. The van der Waals surface area contributed by atoms with Crippen molar-refractivity contribution in [1.82, 2.24) is 5.43 Å². The van der Waals surface area contributed by atoms with Crippen LogP contribution < -0.4 is 11.2 Å². The topological polar surface area (TPSA) is 67.5 Å². The molecule has 3 aromatic rings. The Balaban J connectivity index is 1.69. The van der Waals surface area contributed by atoms with E-state index in [9.17, 15) is 4.79 Å². The van der Waals surface area contributed by atoms with Crippen molar-refractivity contribution in [1.29, 1.82) is 0 Å². The molecule has 0 fully saturated rings. The lowest BCUT2D eigenvalue weighted by molar-refractivity contribution is 0.0955. The lowest BCUT2D eigenvalue weighted by atomic mass is 10.0. The normalized spacial score (nSPS) is 11.2. The molecule has 0 atom stereocenters. The Morgan fingerprint density at radius 3 is 2.00 bits per heavy atom. The van der Waals surface area contributed by atoms with Crippen molar-refractivity contribution < 1.29 is 4.79 Å². The molecule has 25 heavy (non-hydrogen) atoms. The van der Waals surface area contributed by atoms with Gasteiger partial charge in [-0.15, -0.1) is 0 Å². The third-order valence-electron chi connectivity index (χ3n) is 3.91. The standard InChI is InChI=1S/C21H19N3O/c1-15(16-11-13-20(22)14-12-16)23-24-21(25)19-9-7-18(8-10-19)17-5-3-2-4-6-17/h2-14H,22H2,1H3,(H,24,25). The summed E-state index contributed by atoms with van der Waals surface area (Å²) in [7, 11) is 0.